The molecule has 0 aliphatic carbocycles. The molecule has 0 bridgehead atoms. The number of rotatable bonds is 4. The second-order valence-electron chi connectivity index (χ2n) is 6.35. The number of anilines is 1. The standard InChI is InChI=1S/C20H20N2O4/c1-22(2)19(24)18(13-6-4-3-5-7-13)26-20(25)15-8-10-16-14(12-15)9-11-17(23)21-16/h3-8,10,12,18H,9,11H2,1-2H3,(H,21,23)/t18-/m1/s1. The molecule has 2 aromatic rings. The summed E-state index contributed by atoms with van der Waals surface area (Å²) in [5, 5.41) is 2.77. The van der Waals surface area contributed by atoms with Crippen LogP contribution >= 0.6 is 0 Å². The fourth-order valence-electron chi connectivity index (χ4n) is 2.81. The van der Waals surface area contributed by atoms with Crippen LogP contribution in [0.1, 0.15) is 34.0 Å². The number of carbonyl (C=O) groups excluding carboxylic acids is 3. The minimum Gasteiger partial charge on any atom is -0.444 e. The van der Waals surface area contributed by atoms with Gasteiger partial charge in [0.2, 0.25) is 12.0 Å². The molecule has 0 fully saturated rings. The molecule has 6 heteroatoms. The first-order valence-corrected chi connectivity index (χ1v) is 8.35. The average Bonchev–Trinajstić information content (AvgIpc) is 2.65. The number of amides is 2. The largest absolute Gasteiger partial charge is 0.444 e. The van der Waals surface area contributed by atoms with Crippen LogP contribution < -0.4 is 5.32 Å². The van der Waals surface area contributed by atoms with E-state index in [1.54, 1.807) is 56.6 Å². The number of ether oxygens (including phenoxy) is 1. The minimum atomic E-state index is -1.01. The van der Waals surface area contributed by atoms with Gasteiger partial charge in [0.1, 0.15) is 0 Å². The van der Waals surface area contributed by atoms with Gasteiger partial charge in [0.25, 0.3) is 5.91 Å². The summed E-state index contributed by atoms with van der Waals surface area (Å²) in [6.07, 6.45) is -0.0485. The van der Waals surface area contributed by atoms with E-state index in [1.807, 2.05) is 6.07 Å². The maximum atomic E-state index is 12.6. The summed E-state index contributed by atoms with van der Waals surface area (Å²) in [6, 6.07) is 13.9. The number of fused-ring (bicyclic) bond motifs is 1. The van der Waals surface area contributed by atoms with Crippen molar-refractivity contribution < 1.29 is 19.1 Å². The average molecular weight is 352 g/mol. The highest BCUT2D eigenvalue weighted by Crippen LogP contribution is 2.26. The summed E-state index contributed by atoms with van der Waals surface area (Å²) in [5.74, 6) is -0.919. The van der Waals surface area contributed by atoms with Crippen LogP contribution in [0, 0.1) is 0 Å². The van der Waals surface area contributed by atoms with Gasteiger partial charge in [-0.1, -0.05) is 30.3 Å². The molecule has 1 N–H and O–H groups in total. The number of likely N-dealkylation sites (N-methyl/N-ethyl adjacent to an activating group) is 1. The van der Waals surface area contributed by atoms with Crippen molar-refractivity contribution in [2.24, 2.45) is 0 Å². The lowest BCUT2D eigenvalue weighted by Crippen LogP contribution is -2.31. The zero-order chi connectivity index (χ0) is 18.7. The van der Waals surface area contributed by atoms with Gasteiger partial charge in [0, 0.05) is 31.8 Å². The Balaban J connectivity index is 1.84. The molecule has 0 aromatic heterocycles. The maximum absolute atomic E-state index is 12.6. The van der Waals surface area contributed by atoms with Crippen molar-refractivity contribution in [3.05, 3.63) is 65.2 Å². The normalized spacial score (nSPS) is 14.0. The summed E-state index contributed by atoms with van der Waals surface area (Å²) >= 11 is 0. The summed E-state index contributed by atoms with van der Waals surface area (Å²) in [6.45, 7) is 0. The van der Waals surface area contributed by atoms with Crippen LogP contribution in [-0.4, -0.2) is 36.8 Å². The smallest absolute Gasteiger partial charge is 0.339 e. The molecule has 1 aliphatic rings. The van der Waals surface area contributed by atoms with Gasteiger partial charge < -0.3 is 15.0 Å². The molecule has 3 rings (SSSR count). The highest BCUT2D eigenvalue weighted by Gasteiger charge is 2.27. The fourth-order valence-corrected chi connectivity index (χ4v) is 2.81. The summed E-state index contributed by atoms with van der Waals surface area (Å²) < 4.78 is 5.54. The molecular weight excluding hydrogens is 332 g/mol. The Bertz CT molecular complexity index is 846. The SMILES string of the molecule is CN(C)C(=O)[C@H](OC(=O)c1ccc2c(c1)CCC(=O)N2)c1ccccc1. The number of esters is 1. The zero-order valence-electron chi connectivity index (χ0n) is 14.7. The lowest BCUT2D eigenvalue weighted by molar-refractivity contribution is -0.138. The maximum Gasteiger partial charge on any atom is 0.339 e. The Morgan fingerprint density at radius 3 is 2.50 bits per heavy atom. The Labute approximate surface area is 151 Å². The van der Waals surface area contributed by atoms with Crippen LogP contribution in [-0.2, 0) is 20.7 Å². The van der Waals surface area contributed by atoms with Crippen molar-refractivity contribution in [3.8, 4) is 0 Å². The van der Waals surface area contributed by atoms with Crippen LogP contribution in [0.2, 0.25) is 0 Å². The van der Waals surface area contributed by atoms with Gasteiger partial charge in [-0.25, -0.2) is 4.79 Å². The lowest BCUT2D eigenvalue weighted by Gasteiger charge is -2.22. The molecule has 1 atom stereocenters. The zero-order valence-corrected chi connectivity index (χ0v) is 14.7. The first-order chi connectivity index (χ1) is 12.5. The van der Waals surface area contributed by atoms with Crippen molar-refractivity contribution in [3.63, 3.8) is 0 Å². The molecule has 1 aliphatic heterocycles. The van der Waals surface area contributed by atoms with Gasteiger partial charge in [0.05, 0.1) is 5.56 Å². The molecule has 6 nitrogen and oxygen atoms in total. The summed E-state index contributed by atoms with van der Waals surface area (Å²) in [4.78, 5) is 37.9. The number of benzene rings is 2. The van der Waals surface area contributed by atoms with Gasteiger partial charge in [-0.3, -0.25) is 9.59 Å². The molecule has 134 valence electrons. The first kappa shape index (κ1) is 17.7. The van der Waals surface area contributed by atoms with E-state index in [4.69, 9.17) is 4.74 Å². The van der Waals surface area contributed by atoms with E-state index in [9.17, 15) is 14.4 Å². The third-order valence-corrected chi connectivity index (χ3v) is 4.23. The molecule has 0 unspecified atom stereocenters. The molecule has 0 saturated heterocycles. The Morgan fingerprint density at radius 2 is 1.81 bits per heavy atom. The number of nitrogens with zero attached hydrogens (tertiary/aromatic N) is 1. The van der Waals surface area contributed by atoms with Crippen molar-refractivity contribution in [1.82, 2.24) is 4.90 Å². The Hall–Kier alpha value is -3.15. The highest BCUT2D eigenvalue weighted by atomic mass is 16.5. The van der Waals surface area contributed by atoms with E-state index in [1.165, 1.54) is 4.90 Å². The van der Waals surface area contributed by atoms with Gasteiger partial charge in [0.15, 0.2) is 0 Å². The number of nitrogens with one attached hydrogen (secondary N) is 1. The van der Waals surface area contributed by atoms with Crippen LogP contribution in [0.4, 0.5) is 5.69 Å². The molecule has 0 saturated carbocycles. The number of aryl methyl sites for hydroxylation is 1. The molecule has 0 spiro atoms. The van der Waals surface area contributed by atoms with Crippen LogP contribution in [0.3, 0.4) is 0 Å². The predicted molar refractivity (Wildman–Crippen MR) is 96.7 cm³/mol. The third kappa shape index (κ3) is 3.74. The Morgan fingerprint density at radius 1 is 1.08 bits per heavy atom. The van der Waals surface area contributed by atoms with E-state index < -0.39 is 12.1 Å². The van der Waals surface area contributed by atoms with Crippen molar-refractivity contribution in [2.75, 3.05) is 19.4 Å². The first-order valence-electron chi connectivity index (χ1n) is 8.35. The van der Waals surface area contributed by atoms with Crippen LogP contribution in [0.5, 0.6) is 0 Å². The number of hydrogen-bond acceptors (Lipinski definition) is 4. The van der Waals surface area contributed by atoms with Crippen LogP contribution in [0.25, 0.3) is 0 Å². The van der Waals surface area contributed by atoms with E-state index in [2.05, 4.69) is 5.32 Å². The van der Waals surface area contributed by atoms with Crippen molar-refractivity contribution >= 4 is 23.5 Å². The van der Waals surface area contributed by atoms with Gasteiger partial charge in [-0.05, 0) is 30.2 Å². The monoisotopic (exact) mass is 352 g/mol. The van der Waals surface area contributed by atoms with E-state index in [0.717, 1.165) is 5.56 Å². The topological polar surface area (TPSA) is 75.7 Å². The van der Waals surface area contributed by atoms with Crippen molar-refractivity contribution in [1.29, 1.82) is 0 Å². The predicted octanol–water partition coefficient (Wildman–Crippen LogP) is 2.56. The molecular formula is C20H20N2O4. The summed E-state index contributed by atoms with van der Waals surface area (Å²) in [5.41, 5.74) is 2.56. The van der Waals surface area contributed by atoms with E-state index in [-0.39, 0.29) is 11.8 Å². The molecule has 0 radical (unpaired) electrons. The molecule has 2 amide bonds. The number of hydrogen-bond donors (Lipinski definition) is 1. The molecule has 2 aromatic carbocycles. The second kappa shape index (κ2) is 7.39. The quantitative estimate of drug-likeness (QED) is 0.858. The van der Waals surface area contributed by atoms with E-state index in [0.29, 0.717) is 29.7 Å². The fraction of sp³-hybridized carbons (Fsp3) is 0.250. The number of carbonyl (C=O) groups is 3. The second-order valence-corrected chi connectivity index (χ2v) is 6.35. The highest BCUT2D eigenvalue weighted by molar-refractivity contribution is 5.97. The lowest BCUT2D eigenvalue weighted by atomic mass is 10.0. The van der Waals surface area contributed by atoms with Crippen LogP contribution in [0.15, 0.2) is 48.5 Å². The molecule has 26 heavy (non-hydrogen) atoms. The van der Waals surface area contributed by atoms with Gasteiger partial charge >= 0.3 is 5.97 Å². The minimum absolute atomic E-state index is 0.0338. The molecule has 1 heterocycles. The van der Waals surface area contributed by atoms with Gasteiger partial charge in [-0.2, -0.15) is 0 Å². The Kier molecular flexibility index (Phi) is 5.02. The van der Waals surface area contributed by atoms with Gasteiger partial charge in [-0.15, -0.1) is 0 Å². The third-order valence-electron chi connectivity index (χ3n) is 4.23. The summed E-state index contributed by atoms with van der Waals surface area (Å²) in [7, 11) is 3.24. The van der Waals surface area contributed by atoms with E-state index >= 15 is 0 Å². The van der Waals surface area contributed by atoms with Crippen molar-refractivity contribution in [2.45, 2.75) is 18.9 Å².